The Bertz CT molecular complexity index is 1090. The normalized spacial score (nSPS) is 15.5. The molecule has 0 fully saturated rings. The molecule has 1 amide bonds. The summed E-state index contributed by atoms with van der Waals surface area (Å²) in [5, 5.41) is 0. The van der Waals surface area contributed by atoms with Gasteiger partial charge in [0.25, 0.3) is 5.91 Å². The number of amides is 1. The number of aromatic nitrogens is 2. The van der Waals surface area contributed by atoms with Gasteiger partial charge < -0.3 is 9.64 Å². The summed E-state index contributed by atoms with van der Waals surface area (Å²) in [4.78, 5) is 35.8. The summed E-state index contributed by atoms with van der Waals surface area (Å²) in [6.45, 7) is 5.47. The van der Waals surface area contributed by atoms with Crippen molar-refractivity contribution in [2.24, 2.45) is 0 Å². The maximum absolute atomic E-state index is 12.7. The van der Waals surface area contributed by atoms with Crippen LogP contribution in [0.3, 0.4) is 0 Å². The van der Waals surface area contributed by atoms with Crippen molar-refractivity contribution in [3.8, 4) is 0 Å². The van der Waals surface area contributed by atoms with Crippen LogP contribution in [0.15, 0.2) is 42.5 Å². The lowest BCUT2D eigenvalue weighted by Gasteiger charge is -2.22. The van der Waals surface area contributed by atoms with Crippen LogP contribution in [-0.4, -0.2) is 34.5 Å². The summed E-state index contributed by atoms with van der Waals surface area (Å²) < 4.78 is 5.29. The van der Waals surface area contributed by atoms with Gasteiger partial charge in [0.2, 0.25) is 0 Å². The second kappa shape index (κ2) is 7.03. The summed E-state index contributed by atoms with van der Waals surface area (Å²) in [6.07, 6.45) is 0.804. The number of rotatable bonds is 3. The van der Waals surface area contributed by atoms with Gasteiger partial charge in [0.1, 0.15) is 0 Å². The molecule has 1 aliphatic heterocycles. The Labute approximate surface area is 163 Å². The zero-order valence-corrected chi connectivity index (χ0v) is 16.1. The quantitative estimate of drug-likeness (QED) is 0.656. The molecule has 2 heterocycles. The highest BCUT2D eigenvalue weighted by Crippen LogP contribution is 2.31. The monoisotopic (exact) mass is 375 g/mol. The third kappa shape index (κ3) is 3.22. The molecule has 0 aliphatic carbocycles. The Morgan fingerprint density at radius 3 is 2.57 bits per heavy atom. The van der Waals surface area contributed by atoms with Crippen molar-refractivity contribution in [3.05, 3.63) is 65.0 Å². The molecule has 28 heavy (non-hydrogen) atoms. The van der Waals surface area contributed by atoms with Gasteiger partial charge in [0, 0.05) is 11.7 Å². The van der Waals surface area contributed by atoms with Crippen LogP contribution in [0.4, 0.5) is 5.69 Å². The van der Waals surface area contributed by atoms with Crippen molar-refractivity contribution in [1.82, 2.24) is 9.97 Å². The van der Waals surface area contributed by atoms with Crippen LogP contribution >= 0.6 is 0 Å². The fraction of sp³-hybridized carbons (Fsp3) is 0.273. The molecule has 0 saturated heterocycles. The first-order chi connectivity index (χ1) is 13.4. The van der Waals surface area contributed by atoms with Crippen molar-refractivity contribution in [2.75, 3.05) is 11.5 Å². The van der Waals surface area contributed by atoms with Crippen LogP contribution in [0.2, 0.25) is 0 Å². The minimum Gasteiger partial charge on any atom is -0.452 e. The molecular formula is C22H21N3O3. The predicted octanol–water partition coefficient (Wildman–Crippen LogP) is 3.38. The van der Waals surface area contributed by atoms with E-state index in [4.69, 9.17) is 4.74 Å². The smallest absolute Gasteiger partial charge is 0.338 e. The lowest BCUT2D eigenvalue weighted by atomic mass is 10.1. The summed E-state index contributed by atoms with van der Waals surface area (Å²) in [5.41, 5.74) is 5.40. The summed E-state index contributed by atoms with van der Waals surface area (Å²) in [5.74, 6) is -0.770. The average Bonchev–Trinajstić information content (AvgIpc) is 3.02. The van der Waals surface area contributed by atoms with Crippen molar-refractivity contribution in [1.29, 1.82) is 0 Å². The largest absolute Gasteiger partial charge is 0.452 e. The van der Waals surface area contributed by atoms with Crippen LogP contribution in [0.5, 0.6) is 0 Å². The highest BCUT2D eigenvalue weighted by atomic mass is 16.5. The Balaban J connectivity index is 1.48. The Kier molecular flexibility index (Phi) is 4.55. The zero-order chi connectivity index (χ0) is 19.8. The van der Waals surface area contributed by atoms with Crippen LogP contribution in [0, 0.1) is 13.8 Å². The second-order valence-electron chi connectivity index (χ2n) is 7.12. The minimum absolute atomic E-state index is 0.0470. The SMILES string of the molecule is Cc1nc2ccc(C(=O)OCC(=O)N3c4ccccc4C[C@H]3C)cc2nc1C. The van der Waals surface area contributed by atoms with Gasteiger partial charge in [-0.2, -0.15) is 0 Å². The van der Waals surface area contributed by atoms with Crippen LogP contribution in [0.1, 0.15) is 34.2 Å². The molecule has 0 bridgehead atoms. The van der Waals surface area contributed by atoms with Gasteiger partial charge in [-0.1, -0.05) is 18.2 Å². The molecule has 6 heteroatoms. The van der Waals surface area contributed by atoms with Crippen LogP contribution < -0.4 is 4.90 Å². The lowest BCUT2D eigenvalue weighted by molar-refractivity contribution is -0.122. The molecule has 0 radical (unpaired) electrons. The molecule has 1 aliphatic rings. The van der Waals surface area contributed by atoms with E-state index in [1.807, 2.05) is 45.0 Å². The van der Waals surface area contributed by atoms with Crippen molar-refractivity contribution < 1.29 is 14.3 Å². The van der Waals surface area contributed by atoms with Gasteiger partial charge in [0.05, 0.1) is 28.0 Å². The fourth-order valence-electron chi connectivity index (χ4n) is 3.58. The number of nitrogens with zero attached hydrogens (tertiary/aromatic N) is 3. The van der Waals surface area contributed by atoms with E-state index in [1.54, 1.807) is 23.1 Å². The highest BCUT2D eigenvalue weighted by Gasteiger charge is 2.31. The van der Waals surface area contributed by atoms with Crippen LogP contribution in [0.25, 0.3) is 11.0 Å². The van der Waals surface area contributed by atoms with E-state index in [0.29, 0.717) is 11.1 Å². The van der Waals surface area contributed by atoms with Gasteiger partial charge in [-0.3, -0.25) is 4.79 Å². The molecule has 2 aromatic carbocycles. The molecule has 0 unspecified atom stereocenters. The summed E-state index contributed by atoms with van der Waals surface area (Å²) in [6, 6.07) is 12.9. The molecule has 4 rings (SSSR count). The number of anilines is 1. The molecule has 1 aromatic heterocycles. The first-order valence-electron chi connectivity index (χ1n) is 9.26. The Morgan fingerprint density at radius 1 is 1.07 bits per heavy atom. The zero-order valence-electron chi connectivity index (χ0n) is 16.1. The Hall–Kier alpha value is -3.28. The first-order valence-corrected chi connectivity index (χ1v) is 9.26. The highest BCUT2D eigenvalue weighted by molar-refractivity contribution is 5.99. The van der Waals surface area contributed by atoms with E-state index in [-0.39, 0.29) is 18.6 Å². The van der Waals surface area contributed by atoms with Gasteiger partial charge in [-0.15, -0.1) is 0 Å². The standard InChI is InChI=1S/C22H21N3O3/c1-13-10-16-6-4-5-7-20(16)25(13)21(26)12-28-22(27)17-8-9-18-19(11-17)24-15(3)14(2)23-18/h4-9,11,13H,10,12H2,1-3H3/t13-/m1/s1. The average molecular weight is 375 g/mol. The predicted molar refractivity (Wildman–Crippen MR) is 106 cm³/mol. The maximum Gasteiger partial charge on any atom is 0.338 e. The van der Waals surface area contributed by atoms with E-state index in [9.17, 15) is 9.59 Å². The number of hydrogen-bond donors (Lipinski definition) is 0. The third-order valence-electron chi connectivity index (χ3n) is 5.11. The number of benzene rings is 2. The van der Waals surface area contributed by atoms with E-state index in [0.717, 1.165) is 34.6 Å². The van der Waals surface area contributed by atoms with E-state index in [1.165, 1.54) is 0 Å². The molecule has 0 saturated carbocycles. The van der Waals surface area contributed by atoms with Crippen molar-refractivity contribution >= 4 is 28.6 Å². The van der Waals surface area contributed by atoms with Crippen molar-refractivity contribution in [2.45, 2.75) is 33.2 Å². The molecule has 0 spiro atoms. The van der Waals surface area contributed by atoms with E-state index >= 15 is 0 Å². The molecule has 0 N–H and O–H groups in total. The number of fused-ring (bicyclic) bond motifs is 2. The number of para-hydroxylation sites is 1. The second-order valence-corrected chi connectivity index (χ2v) is 7.12. The maximum atomic E-state index is 12.7. The number of hydrogen-bond acceptors (Lipinski definition) is 5. The first kappa shape index (κ1) is 18.1. The van der Waals surface area contributed by atoms with E-state index < -0.39 is 5.97 Å². The number of carbonyl (C=O) groups is 2. The van der Waals surface area contributed by atoms with Crippen LogP contribution in [-0.2, 0) is 16.0 Å². The number of carbonyl (C=O) groups excluding carboxylic acids is 2. The number of aryl methyl sites for hydroxylation is 2. The molecule has 142 valence electrons. The molecule has 1 atom stereocenters. The molecular weight excluding hydrogens is 354 g/mol. The number of esters is 1. The summed E-state index contributed by atoms with van der Waals surface area (Å²) in [7, 11) is 0. The Morgan fingerprint density at radius 2 is 1.79 bits per heavy atom. The third-order valence-corrected chi connectivity index (χ3v) is 5.11. The summed E-state index contributed by atoms with van der Waals surface area (Å²) >= 11 is 0. The van der Waals surface area contributed by atoms with Gasteiger partial charge in [-0.25, -0.2) is 14.8 Å². The van der Waals surface area contributed by atoms with Crippen molar-refractivity contribution in [3.63, 3.8) is 0 Å². The number of ether oxygens (including phenoxy) is 1. The molecule has 6 nitrogen and oxygen atoms in total. The fourth-order valence-corrected chi connectivity index (χ4v) is 3.58. The lowest BCUT2D eigenvalue weighted by Crippen LogP contribution is -2.38. The van der Waals surface area contributed by atoms with Gasteiger partial charge >= 0.3 is 5.97 Å². The van der Waals surface area contributed by atoms with Gasteiger partial charge in [0.15, 0.2) is 6.61 Å². The minimum atomic E-state index is -0.546. The van der Waals surface area contributed by atoms with Gasteiger partial charge in [-0.05, 0) is 57.0 Å². The topological polar surface area (TPSA) is 72.4 Å². The molecule has 3 aromatic rings. The van der Waals surface area contributed by atoms with E-state index in [2.05, 4.69) is 9.97 Å².